The van der Waals surface area contributed by atoms with Crippen molar-refractivity contribution < 1.29 is 4.79 Å². The molecule has 1 aromatic carbocycles. The highest BCUT2D eigenvalue weighted by atomic mass is 32.1. The van der Waals surface area contributed by atoms with Crippen LogP contribution in [0.2, 0.25) is 0 Å². The highest BCUT2D eigenvalue weighted by Crippen LogP contribution is 2.23. The first kappa shape index (κ1) is 16.6. The Morgan fingerprint density at radius 2 is 2.00 bits per heavy atom. The molecule has 0 aliphatic heterocycles. The zero-order valence-electron chi connectivity index (χ0n) is 13.3. The second-order valence-corrected chi connectivity index (χ2v) is 6.89. The van der Waals surface area contributed by atoms with Crippen molar-refractivity contribution in [3.8, 4) is 0 Å². The first-order valence-electron chi connectivity index (χ1n) is 7.48. The van der Waals surface area contributed by atoms with Crippen LogP contribution in [-0.4, -0.2) is 17.4 Å². The lowest BCUT2D eigenvalue weighted by atomic mass is 9.84. The van der Waals surface area contributed by atoms with Crippen molar-refractivity contribution >= 4 is 17.2 Å². The minimum Gasteiger partial charge on any atom is -0.350 e. The fourth-order valence-electron chi connectivity index (χ4n) is 2.19. The van der Waals surface area contributed by atoms with E-state index in [0.717, 1.165) is 11.4 Å². The van der Waals surface area contributed by atoms with E-state index in [0.29, 0.717) is 18.8 Å². The summed E-state index contributed by atoms with van der Waals surface area (Å²) < 4.78 is 0. The molecule has 0 spiro atoms. The van der Waals surface area contributed by atoms with Crippen LogP contribution in [0, 0.1) is 0 Å². The molecule has 5 heteroatoms. The summed E-state index contributed by atoms with van der Waals surface area (Å²) in [5.74, 6) is -0.144. The maximum atomic E-state index is 12.1. The molecule has 2 rings (SSSR count). The Hall–Kier alpha value is -1.72. The highest BCUT2D eigenvalue weighted by molar-refractivity contribution is 7.09. The fraction of sp³-hybridized carbons (Fsp3) is 0.412. The van der Waals surface area contributed by atoms with Gasteiger partial charge in [0.15, 0.2) is 0 Å². The van der Waals surface area contributed by atoms with Crippen molar-refractivity contribution in [3.63, 3.8) is 0 Å². The molecule has 0 atom stereocenters. The van der Waals surface area contributed by atoms with E-state index in [-0.39, 0.29) is 11.3 Å². The van der Waals surface area contributed by atoms with Gasteiger partial charge in [-0.1, -0.05) is 45.0 Å². The van der Waals surface area contributed by atoms with Crippen LogP contribution in [0.4, 0.5) is 0 Å². The van der Waals surface area contributed by atoms with E-state index >= 15 is 0 Å². The van der Waals surface area contributed by atoms with Gasteiger partial charge in [0.1, 0.15) is 10.7 Å². The predicted molar refractivity (Wildman–Crippen MR) is 91.2 cm³/mol. The fourth-order valence-corrected chi connectivity index (χ4v) is 2.85. The van der Waals surface area contributed by atoms with Gasteiger partial charge in [0, 0.05) is 23.9 Å². The number of hydrogen-bond donors (Lipinski definition) is 2. The second kappa shape index (κ2) is 7.03. The molecule has 0 fully saturated rings. The van der Waals surface area contributed by atoms with Gasteiger partial charge in [0.2, 0.25) is 0 Å². The van der Waals surface area contributed by atoms with Crippen molar-refractivity contribution in [2.75, 3.05) is 6.54 Å². The van der Waals surface area contributed by atoms with Gasteiger partial charge in [-0.05, 0) is 17.5 Å². The lowest BCUT2D eigenvalue weighted by molar-refractivity contribution is 0.0941. The standard InChI is InChI=1S/C17H23N3OS/c1-4-12-5-7-13(8-6-12)17(2,3)11-19-16(21)14-10-22-15(9-18)20-14/h5-8,10H,4,9,11,18H2,1-3H3,(H,19,21). The van der Waals surface area contributed by atoms with E-state index < -0.39 is 0 Å². The Kier molecular flexibility index (Phi) is 5.32. The van der Waals surface area contributed by atoms with Crippen molar-refractivity contribution in [3.05, 3.63) is 51.5 Å². The van der Waals surface area contributed by atoms with Crippen LogP contribution < -0.4 is 11.1 Å². The molecule has 4 nitrogen and oxygen atoms in total. The van der Waals surface area contributed by atoms with Crippen LogP contribution in [0.5, 0.6) is 0 Å². The first-order chi connectivity index (χ1) is 10.5. The number of aromatic nitrogens is 1. The van der Waals surface area contributed by atoms with Crippen LogP contribution >= 0.6 is 11.3 Å². The molecular weight excluding hydrogens is 294 g/mol. The molecular formula is C17H23N3OS. The van der Waals surface area contributed by atoms with E-state index in [1.807, 2.05) is 0 Å². The molecule has 0 saturated carbocycles. The van der Waals surface area contributed by atoms with E-state index in [1.54, 1.807) is 5.38 Å². The Morgan fingerprint density at radius 3 is 2.55 bits per heavy atom. The lowest BCUT2D eigenvalue weighted by Gasteiger charge is -2.25. The second-order valence-electron chi connectivity index (χ2n) is 5.95. The summed E-state index contributed by atoms with van der Waals surface area (Å²) in [4.78, 5) is 16.4. The summed E-state index contributed by atoms with van der Waals surface area (Å²) >= 11 is 1.41. The third-order valence-electron chi connectivity index (χ3n) is 3.79. The number of carbonyl (C=O) groups excluding carboxylic acids is 1. The first-order valence-corrected chi connectivity index (χ1v) is 8.36. The monoisotopic (exact) mass is 317 g/mol. The average Bonchev–Trinajstić information content (AvgIpc) is 3.02. The number of amides is 1. The number of carbonyl (C=O) groups is 1. The third-order valence-corrected chi connectivity index (χ3v) is 4.66. The van der Waals surface area contributed by atoms with Crippen molar-refractivity contribution in [2.24, 2.45) is 5.73 Å². The van der Waals surface area contributed by atoms with Gasteiger partial charge in [0.25, 0.3) is 5.91 Å². The lowest BCUT2D eigenvalue weighted by Crippen LogP contribution is -2.36. The van der Waals surface area contributed by atoms with Crippen LogP contribution in [0.15, 0.2) is 29.6 Å². The minimum atomic E-state index is -0.144. The highest BCUT2D eigenvalue weighted by Gasteiger charge is 2.22. The molecule has 1 amide bonds. The molecule has 22 heavy (non-hydrogen) atoms. The smallest absolute Gasteiger partial charge is 0.270 e. The molecule has 0 bridgehead atoms. The van der Waals surface area contributed by atoms with Crippen LogP contribution in [0.25, 0.3) is 0 Å². The number of hydrogen-bond acceptors (Lipinski definition) is 4. The SMILES string of the molecule is CCc1ccc(C(C)(C)CNC(=O)c2csc(CN)n2)cc1. The van der Waals surface area contributed by atoms with Gasteiger partial charge in [-0.15, -0.1) is 11.3 Å². The van der Waals surface area contributed by atoms with Gasteiger partial charge in [-0.25, -0.2) is 4.98 Å². The van der Waals surface area contributed by atoms with E-state index in [9.17, 15) is 4.79 Å². The largest absolute Gasteiger partial charge is 0.350 e. The molecule has 0 unspecified atom stereocenters. The number of rotatable bonds is 6. The van der Waals surface area contributed by atoms with E-state index in [4.69, 9.17) is 5.73 Å². The summed E-state index contributed by atoms with van der Waals surface area (Å²) in [5.41, 5.74) is 8.37. The third kappa shape index (κ3) is 3.93. The van der Waals surface area contributed by atoms with E-state index in [2.05, 4.69) is 55.3 Å². The minimum absolute atomic E-state index is 0.130. The molecule has 118 valence electrons. The summed E-state index contributed by atoms with van der Waals surface area (Å²) in [5, 5.41) is 5.50. The number of aryl methyl sites for hydroxylation is 1. The van der Waals surface area contributed by atoms with Crippen molar-refractivity contribution in [2.45, 2.75) is 39.2 Å². The molecule has 1 heterocycles. The summed E-state index contributed by atoms with van der Waals surface area (Å²) in [6.45, 7) is 7.32. The predicted octanol–water partition coefficient (Wildman–Crippen LogP) is 2.87. The van der Waals surface area contributed by atoms with Crippen LogP contribution in [0.1, 0.15) is 47.4 Å². The number of nitrogens with one attached hydrogen (secondary N) is 1. The van der Waals surface area contributed by atoms with Crippen molar-refractivity contribution in [1.29, 1.82) is 0 Å². The van der Waals surface area contributed by atoms with Gasteiger partial charge < -0.3 is 11.1 Å². The maximum absolute atomic E-state index is 12.1. The molecule has 3 N–H and O–H groups in total. The summed E-state index contributed by atoms with van der Waals surface area (Å²) in [7, 11) is 0. The Balaban J connectivity index is 2.00. The van der Waals surface area contributed by atoms with Crippen LogP contribution in [-0.2, 0) is 18.4 Å². The maximum Gasteiger partial charge on any atom is 0.270 e. The summed E-state index contributed by atoms with van der Waals surface area (Å²) in [6.07, 6.45) is 1.03. The zero-order valence-corrected chi connectivity index (χ0v) is 14.2. The number of nitrogens with zero attached hydrogens (tertiary/aromatic N) is 1. The summed E-state index contributed by atoms with van der Waals surface area (Å²) in [6, 6.07) is 8.57. The Bertz CT molecular complexity index is 632. The Labute approximate surface area is 135 Å². The average molecular weight is 317 g/mol. The number of thiazole rings is 1. The molecule has 0 aliphatic rings. The quantitative estimate of drug-likeness (QED) is 0.861. The molecule has 2 aromatic rings. The topological polar surface area (TPSA) is 68.0 Å². The van der Waals surface area contributed by atoms with Gasteiger partial charge in [0.05, 0.1) is 0 Å². The molecule has 0 radical (unpaired) electrons. The van der Waals surface area contributed by atoms with Gasteiger partial charge in [-0.2, -0.15) is 0 Å². The Morgan fingerprint density at radius 1 is 1.32 bits per heavy atom. The number of nitrogens with two attached hydrogens (primary N) is 1. The normalized spacial score (nSPS) is 11.5. The van der Waals surface area contributed by atoms with E-state index in [1.165, 1.54) is 22.5 Å². The number of benzene rings is 1. The van der Waals surface area contributed by atoms with Gasteiger partial charge in [-0.3, -0.25) is 4.79 Å². The zero-order chi connectivity index (χ0) is 16.2. The molecule has 1 aromatic heterocycles. The van der Waals surface area contributed by atoms with Crippen LogP contribution in [0.3, 0.4) is 0 Å². The van der Waals surface area contributed by atoms with Crippen molar-refractivity contribution in [1.82, 2.24) is 10.3 Å². The molecule has 0 aliphatic carbocycles. The van der Waals surface area contributed by atoms with Gasteiger partial charge >= 0.3 is 0 Å². The molecule has 0 saturated heterocycles.